The third-order valence-corrected chi connectivity index (χ3v) is 6.08. The number of carbonyl (C=O) groups is 1. The number of nitrogens with one attached hydrogen (secondary N) is 1. The molecule has 3 heterocycles. The van der Waals surface area contributed by atoms with Gasteiger partial charge in [-0.25, -0.2) is 0 Å². The van der Waals surface area contributed by atoms with Gasteiger partial charge >= 0.3 is 16.5 Å². The number of anilines is 1. The molecule has 3 rings (SSSR count). The minimum absolute atomic E-state index is 0. The number of likely N-dealkylation sites (tertiary alicyclic amines) is 1. The van der Waals surface area contributed by atoms with Gasteiger partial charge in [-0.05, 0) is 26.8 Å². The third-order valence-electron chi connectivity index (χ3n) is 5.10. The first kappa shape index (κ1) is 24.7. The average Bonchev–Trinajstić information content (AvgIpc) is 2.67. The Morgan fingerprint density at radius 3 is 2.86 bits per heavy atom. The Bertz CT molecular complexity index is 739. The van der Waals surface area contributed by atoms with E-state index >= 15 is 0 Å². The van der Waals surface area contributed by atoms with Crippen LogP contribution in [0, 0.1) is 20.2 Å². The summed E-state index contributed by atoms with van der Waals surface area (Å²) in [6, 6.07) is 1.93. The molecule has 1 radical (unpaired) electrons. The fourth-order valence-electron chi connectivity index (χ4n) is 3.46. The number of amides is 1. The molecule has 0 unspecified atom stereocenters. The molecule has 28 heavy (non-hydrogen) atoms. The second-order valence-electron chi connectivity index (χ2n) is 7.18. The first-order chi connectivity index (χ1) is 12.4. The van der Waals surface area contributed by atoms with E-state index in [0.717, 1.165) is 54.4 Å². The molecule has 7 heteroatoms. The smallest absolute Gasteiger partial charge is 0.403 e. The summed E-state index contributed by atoms with van der Waals surface area (Å²) < 4.78 is 0. The summed E-state index contributed by atoms with van der Waals surface area (Å²) in [7, 11) is 1.97. The van der Waals surface area contributed by atoms with Crippen molar-refractivity contribution >= 4 is 28.9 Å². The van der Waals surface area contributed by atoms with Gasteiger partial charge < -0.3 is 39.7 Å². The van der Waals surface area contributed by atoms with Crippen LogP contribution in [0.1, 0.15) is 32.3 Å². The van der Waals surface area contributed by atoms with E-state index < -0.39 is 0 Å². The number of hydrogen-bond donors (Lipinski definition) is 1. The molecule has 0 aromatic carbocycles. The van der Waals surface area contributed by atoms with Crippen LogP contribution in [0.4, 0.5) is 5.69 Å². The largest absolute Gasteiger partial charge is 3.00 e. The van der Waals surface area contributed by atoms with E-state index in [1.165, 1.54) is 0 Å². The van der Waals surface area contributed by atoms with Crippen LogP contribution in [0.15, 0.2) is 23.4 Å². The summed E-state index contributed by atoms with van der Waals surface area (Å²) in [6.07, 6.45) is 8.75. The predicted molar refractivity (Wildman–Crippen MR) is 114 cm³/mol. The summed E-state index contributed by atoms with van der Waals surface area (Å²) in [5.74, 6) is 0.981. The van der Waals surface area contributed by atoms with Crippen molar-refractivity contribution in [1.82, 2.24) is 15.2 Å². The van der Waals surface area contributed by atoms with E-state index in [2.05, 4.69) is 28.3 Å². The van der Waals surface area contributed by atoms with Gasteiger partial charge in [0, 0.05) is 37.1 Å². The van der Waals surface area contributed by atoms with Gasteiger partial charge in [-0.2, -0.15) is 0 Å². The van der Waals surface area contributed by atoms with Gasteiger partial charge in [0.2, 0.25) is 0 Å². The number of pyridine rings is 1. The van der Waals surface area contributed by atoms with Crippen molar-refractivity contribution in [3.8, 4) is 0 Å². The van der Waals surface area contributed by atoms with E-state index in [1.54, 1.807) is 18.0 Å². The molecule has 5 nitrogen and oxygen atoms in total. The van der Waals surface area contributed by atoms with Crippen LogP contribution >= 0.6 is 11.8 Å². The molecule has 2 aliphatic heterocycles. The molecule has 1 atom stereocenters. The first-order valence-electron chi connectivity index (χ1n) is 8.99. The molecule has 0 aliphatic carbocycles. The van der Waals surface area contributed by atoms with Crippen LogP contribution in [0.3, 0.4) is 0 Å². The van der Waals surface area contributed by atoms with Crippen LogP contribution in [0.25, 0.3) is 5.57 Å². The summed E-state index contributed by atoms with van der Waals surface area (Å²) in [6.45, 7) is 12.4. The molecule has 1 N–H and O–H groups in total. The molecule has 1 fully saturated rings. The molecule has 0 saturated carbocycles. The predicted octanol–water partition coefficient (Wildman–Crippen LogP) is 3.16. The fourth-order valence-corrected chi connectivity index (χ4v) is 4.42. The van der Waals surface area contributed by atoms with Gasteiger partial charge in [0.25, 0.3) is 5.91 Å². The number of aromatic nitrogens is 1. The Morgan fingerprint density at radius 2 is 2.18 bits per heavy atom. The normalized spacial score (nSPS) is 21.9. The summed E-state index contributed by atoms with van der Waals surface area (Å²) in [5, 5.41) is 3.36. The van der Waals surface area contributed by atoms with Crippen LogP contribution in [-0.2, 0) is 21.3 Å². The Kier molecular flexibility index (Phi) is 9.25. The van der Waals surface area contributed by atoms with Crippen molar-refractivity contribution in [2.24, 2.45) is 0 Å². The Morgan fingerprint density at radius 1 is 1.43 bits per heavy atom. The summed E-state index contributed by atoms with van der Waals surface area (Å²) in [5.41, 5.74) is 2.41. The SMILES string of the molecule is [CH-]=C(C)c1[c-]nccc1N1C=C(C(=O)N2CCC[C@](C)(NC)C2)SCC1.[CH3-].[Ni+3]. The molecule has 1 amide bonds. The Labute approximate surface area is 184 Å². The Balaban J connectivity index is 0.00000196. The second-order valence-corrected chi connectivity index (χ2v) is 8.31. The molecule has 0 bridgehead atoms. The van der Waals surface area contributed by atoms with Crippen molar-refractivity contribution in [2.45, 2.75) is 32.2 Å². The average molecular weight is 444 g/mol. The minimum atomic E-state index is -0.00760. The maximum Gasteiger partial charge on any atom is 3.00 e. The van der Waals surface area contributed by atoms with E-state index in [0.29, 0.717) is 5.57 Å². The van der Waals surface area contributed by atoms with Gasteiger partial charge in [-0.1, -0.05) is 6.20 Å². The molecular formula is C21H29N4NiOS. The van der Waals surface area contributed by atoms with E-state index in [1.807, 2.05) is 31.1 Å². The van der Waals surface area contributed by atoms with Gasteiger partial charge in [0.1, 0.15) is 0 Å². The van der Waals surface area contributed by atoms with Crippen LogP contribution in [-0.4, -0.2) is 53.8 Å². The summed E-state index contributed by atoms with van der Waals surface area (Å²) in [4.78, 5) is 22.0. The molecule has 2 aliphatic rings. The maximum absolute atomic E-state index is 13.1. The van der Waals surface area contributed by atoms with Crippen molar-refractivity contribution in [1.29, 1.82) is 0 Å². The number of allylic oxidation sites excluding steroid dienone is 1. The number of piperidine rings is 1. The number of nitrogens with zero attached hydrogens (tertiary/aromatic N) is 3. The fraction of sp³-hybridized carbons (Fsp3) is 0.476. The maximum atomic E-state index is 13.1. The van der Waals surface area contributed by atoms with Crippen LogP contribution < -0.4 is 10.2 Å². The molecule has 0 spiro atoms. The number of likely N-dealkylation sites (N-methyl/N-ethyl adjacent to an activating group) is 1. The molecule has 1 aromatic rings. The van der Waals surface area contributed by atoms with Crippen molar-refractivity contribution in [2.75, 3.05) is 37.3 Å². The first-order valence-corrected chi connectivity index (χ1v) is 9.97. The zero-order valence-electron chi connectivity index (χ0n) is 17.0. The molecular weight excluding hydrogens is 415 g/mol. The topological polar surface area (TPSA) is 48.5 Å². The quantitative estimate of drug-likeness (QED) is 0.572. The molecule has 1 aromatic heterocycles. The number of thioether (sulfide) groups is 1. The van der Waals surface area contributed by atoms with E-state index in [9.17, 15) is 4.79 Å². The zero-order valence-corrected chi connectivity index (χ0v) is 18.8. The van der Waals surface area contributed by atoms with Gasteiger partial charge in [0.15, 0.2) is 0 Å². The third kappa shape index (κ3) is 5.40. The zero-order chi connectivity index (χ0) is 18.7. The van der Waals surface area contributed by atoms with Gasteiger partial charge in [0.05, 0.1) is 4.91 Å². The van der Waals surface area contributed by atoms with Crippen molar-refractivity contribution in [3.63, 3.8) is 0 Å². The van der Waals surface area contributed by atoms with Gasteiger partial charge in [-0.15, -0.1) is 36.6 Å². The molecule has 155 valence electrons. The second kappa shape index (κ2) is 10.5. The van der Waals surface area contributed by atoms with Gasteiger partial charge in [-0.3, -0.25) is 10.4 Å². The monoisotopic (exact) mass is 443 g/mol. The minimum Gasteiger partial charge on any atom is -0.403 e. The number of rotatable bonds is 4. The van der Waals surface area contributed by atoms with Crippen LogP contribution in [0.2, 0.25) is 0 Å². The standard InChI is InChI=1S/C20H26N4OS.CH3.Ni/c1-15(2)16-12-22-8-6-17(16)23-10-11-26-18(13-23)19(25)24-9-5-7-20(3,14-24)21-4;;/h1,6,8,13,21H,5,7,9-11,14H2,2-4H3;1H3;/q-2;-1;+3/t20-;;/m0../s1. The molecule has 1 saturated heterocycles. The van der Waals surface area contributed by atoms with Crippen molar-refractivity contribution in [3.05, 3.63) is 49.1 Å². The van der Waals surface area contributed by atoms with E-state index in [-0.39, 0.29) is 35.4 Å². The van der Waals surface area contributed by atoms with E-state index in [4.69, 9.17) is 6.58 Å². The summed E-state index contributed by atoms with van der Waals surface area (Å²) >= 11 is 1.63. The van der Waals surface area contributed by atoms with Crippen molar-refractivity contribution < 1.29 is 21.3 Å². The Hall–Kier alpha value is -1.30. The van der Waals surface area contributed by atoms with Crippen LogP contribution in [0.5, 0.6) is 0 Å². The number of hydrogen-bond acceptors (Lipinski definition) is 5. The number of carbonyl (C=O) groups excluding carboxylic acids is 1.